The molecule has 2 N–H and O–H groups in total. The summed E-state index contributed by atoms with van der Waals surface area (Å²) >= 11 is 6.30. The van der Waals surface area contributed by atoms with Crippen LogP contribution in [0.25, 0.3) is 0 Å². The van der Waals surface area contributed by atoms with Crippen molar-refractivity contribution in [3.05, 3.63) is 76.3 Å². The Bertz CT molecular complexity index is 1410. The van der Waals surface area contributed by atoms with Gasteiger partial charge in [0.05, 0.1) is 17.9 Å². The molecular formula is C33H38ClN3O4. The molecule has 216 valence electrons. The van der Waals surface area contributed by atoms with Crippen molar-refractivity contribution in [3.63, 3.8) is 0 Å². The van der Waals surface area contributed by atoms with E-state index in [9.17, 15) is 14.4 Å². The van der Waals surface area contributed by atoms with Gasteiger partial charge in [-0.25, -0.2) is 0 Å². The number of nitrogens with zero attached hydrogens (tertiary/aromatic N) is 1. The highest BCUT2D eigenvalue weighted by Crippen LogP contribution is 2.55. The summed E-state index contributed by atoms with van der Waals surface area (Å²) in [5.41, 5.74) is 2.30. The van der Waals surface area contributed by atoms with Crippen molar-refractivity contribution < 1.29 is 19.1 Å². The van der Waals surface area contributed by atoms with Gasteiger partial charge in [-0.3, -0.25) is 14.4 Å². The van der Waals surface area contributed by atoms with Crippen molar-refractivity contribution in [1.29, 1.82) is 0 Å². The Balaban J connectivity index is 1.32. The van der Waals surface area contributed by atoms with Gasteiger partial charge in [-0.15, -0.1) is 0 Å². The Morgan fingerprint density at radius 2 is 1.83 bits per heavy atom. The number of carbonyl (C=O) groups excluding carboxylic acids is 3. The molecule has 8 heteroatoms. The van der Waals surface area contributed by atoms with Crippen molar-refractivity contribution in [1.82, 2.24) is 10.2 Å². The minimum absolute atomic E-state index is 0.0333. The van der Waals surface area contributed by atoms with Gasteiger partial charge in [-0.05, 0) is 55.4 Å². The number of benzene rings is 2. The van der Waals surface area contributed by atoms with Gasteiger partial charge >= 0.3 is 0 Å². The van der Waals surface area contributed by atoms with Crippen molar-refractivity contribution in [3.8, 4) is 0 Å². The van der Waals surface area contributed by atoms with E-state index in [0.717, 1.165) is 36.0 Å². The smallest absolute Gasteiger partial charge is 0.246 e. The zero-order chi connectivity index (χ0) is 29.1. The second-order valence-corrected chi connectivity index (χ2v) is 12.9. The van der Waals surface area contributed by atoms with E-state index in [1.165, 1.54) is 0 Å². The third kappa shape index (κ3) is 4.77. The molecule has 3 fully saturated rings. The fraction of sp³-hybridized carbons (Fsp3) is 0.485. The van der Waals surface area contributed by atoms with Gasteiger partial charge < -0.3 is 20.3 Å². The molecule has 4 aliphatic rings. The molecule has 2 saturated heterocycles. The van der Waals surface area contributed by atoms with Gasteiger partial charge in [0.1, 0.15) is 11.6 Å². The molecule has 8 atom stereocenters. The van der Waals surface area contributed by atoms with Gasteiger partial charge in [-0.2, -0.15) is 0 Å². The first-order valence-electron chi connectivity index (χ1n) is 14.7. The summed E-state index contributed by atoms with van der Waals surface area (Å²) < 4.78 is 6.51. The molecule has 1 aliphatic carbocycles. The molecule has 3 heterocycles. The van der Waals surface area contributed by atoms with Crippen LogP contribution in [0.2, 0.25) is 5.02 Å². The maximum Gasteiger partial charge on any atom is 0.246 e. The van der Waals surface area contributed by atoms with Gasteiger partial charge in [-0.1, -0.05) is 86.3 Å². The number of hydrogen-bond acceptors (Lipinski definition) is 4. The summed E-state index contributed by atoms with van der Waals surface area (Å²) in [7, 11) is 0. The molecule has 0 aromatic heterocycles. The Labute approximate surface area is 246 Å². The van der Waals surface area contributed by atoms with Gasteiger partial charge in [0.25, 0.3) is 0 Å². The molecule has 7 nitrogen and oxygen atoms in total. The van der Waals surface area contributed by atoms with Crippen LogP contribution in [0.4, 0.5) is 5.69 Å². The average molecular weight is 576 g/mol. The third-order valence-corrected chi connectivity index (χ3v) is 10.3. The molecular weight excluding hydrogens is 538 g/mol. The molecule has 0 radical (unpaired) electrons. The van der Waals surface area contributed by atoms with E-state index >= 15 is 0 Å². The van der Waals surface area contributed by atoms with Crippen molar-refractivity contribution in [2.45, 2.75) is 77.3 Å². The van der Waals surface area contributed by atoms with E-state index in [0.29, 0.717) is 22.5 Å². The number of aryl methyl sites for hydroxylation is 2. The maximum absolute atomic E-state index is 14.3. The highest BCUT2D eigenvalue weighted by molar-refractivity contribution is 6.31. The van der Waals surface area contributed by atoms with Crippen LogP contribution < -0.4 is 10.6 Å². The highest BCUT2D eigenvalue weighted by atomic mass is 35.5. The fourth-order valence-corrected chi connectivity index (χ4v) is 7.45. The lowest BCUT2D eigenvalue weighted by Crippen LogP contribution is -2.57. The normalized spacial score (nSPS) is 33.6. The monoisotopic (exact) mass is 575 g/mol. The van der Waals surface area contributed by atoms with E-state index < -0.39 is 29.6 Å². The Morgan fingerprint density at radius 3 is 2.56 bits per heavy atom. The maximum atomic E-state index is 14.3. The Morgan fingerprint density at radius 1 is 1.07 bits per heavy atom. The largest absolute Gasteiger partial charge is 0.359 e. The lowest BCUT2D eigenvalue weighted by molar-refractivity contribution is -0.142. The molecule has 0 unspecified atom stereocenters. The second-order valence-electron chi connectivity index (χ2n) is 12.5. The van der Waals surface area contributed by atoms with Crippen molar-refractivity contribution in [2.24, 2.45) is 23.7 Å². The van der Waals surface area contributed by atoms with E-state index in [1.807, 2.05) is 56.3 Å². The minimum atomic E-state index is -1.20. The number of amides is 3. The van der Waals surface area contributed by atoms with Crippen LogP contribution in [0, 0.1) is 37.5 Å². The number of ether oxygens (including phenoxy) is 1. The van der Waals surface area contributed by atoms with Crippen LogP contribution in [-0.4, -0.2) is 46.4 Å². The first-order chi connectivity index (χ1) is 19.6. The molecule has 2 aromatic carbocycles. The predicted octanol–water partition coefficient (Wildman–Crippen LogP) is 5.19. The Hall–Kier alpha value is -3.16. The Kier molecular flexibility index (Phi) is 7.23. The molecule has 3 amide bonds. The number of hydrogen-bond donors (Lipinski definition) is 2. The summed E-state index contributed by atoms with van der Waals surface area (Å²) in [4.78, 5) is 43.8. The lowest BCUT2D eigenvalue weighted by Gasteiger charge is -2.38. The number of likely N-dealkylation sites (tertiary alicyclic amines) is 1. The number of anilines is 1. The standard InChI is InChI=1S/C33H38ClN3O4/c1-18-8-11-22(12-9-18)17-37-29(31(39)36-25-7-5-6-19(2)21(25)4)33-15-14-26(41-33)27(28(33)32(37)40)30(38)35-23-13-10-20(3)24(34)16-23/h8-16,19,21,25-29H,5-7,17H2,1-4H3,(H,35,38)(H,36,39)/t19-,21-,25+,26+,27+,28+,29-,33-/m0/s1. The van der Waals surface area contributed by atoms with Crippen molar-refractivity contribution in [2.75, 3.05) is 5.32 Å². The summed E-state index contributed by atoms with van der Waals surface area (Å²) in [5, 5.41) is 6.81. The number of nitrogens with one attached hydrogen (secondary N) is 2. The van der Waals surface area contributed by atoms with E-state index in [4.69, 9.17) is 16.3 Å². The number of fused-ring (bicyclic) bond motifs is 1. The second kappa shape index (κ2) is 10.6. The average Bonchev–Trinajstić information content (AvgIpc) is 3.58. The molecule has 1 spiro atoms. The quantitative estimate of drug-likeness (QED) is 0.464. The fourth-order valence-electron chi connectivity index (χ4n) is 7.27. The van der Waals surface area contributed by atoms with Gasteiger partial charge in [0.2, 0.25) is 17.7 Å². The number of rotatable bonds is 6. The summed E-state index contributed by atoms with van der Waals surface area (Å²) in [6.07, 6.45) is 6.24. The zero-order valence-electron chi connectivity index (χ0n) is 24.0. The van der Waals surface area contributed by atoms with Crippen molar-refractivity contribution >= 4 is 35.0 Å². The summed E-state index contributed by atoms with van der Waals surface area (Å²) in [5.74, 6) is -1.48. The molecule has 3 aliphatic heterocycles. The molecule has 2 aromatic rings. The first kappa shape index (κ1) is 28.0. The summed E-state index contributed by atoms with van der Waals surface area (Å²) in [6.45, 7) is 8.59. The van der Waals surface area contributed by atoms with Gasteiger partial charge in [0.15, 0.2) is 0 Å². The molecule has 6 rings (SSSR count). The van der Waals surface area contributed by atoms with E-state index in [1.54, 1.807) is 17.0 Å². The van der Waals surface area contributed by atoms with Crippen LogP contribution >= 0.6 is 11.6 Å². The summed E-state index contributed by atoms with van der Waals surface area (Å²) in [6, 6.07) is 12.5. The number of halogens is 1. The van der Waals surface area contributed by atoms with Crippen LogP contribution in [0.5, 0.6) is 0 Å². The highest BCUT2D eigenvalue weighted by Gasteiger charge is 2.72. The molecule has 2 bridgehead atoms. The van der Waals surface area contributed by atoms with Crippen LogP contribution in [0.1, 0.15) is 49.8 Å². The predicted molar refractivity (Wildman–Crippen MR) is 158 cm³/mol. The zero-order valence-corrected chi connectivity index (χ0v) is 24.8. The van der Waals surface area contributed by atoms with E-state index in [-0.39, 0.29) is 30.3 Å². The lowest BCUT2D eigenvalue weighted by atomic mass is 9.73. The van der Waals surface area contributed by atoms with Crippen LogP contribution in [0.3, 0.4) is 0 Å². The molecule has 1 saturated carbocycles. The topological polar surface area (TPSA) is 87.7 Å². The minimum Gasteiger partial charge on any atom is -0.359 e. The first-order valence-corrected chi connectivity index (χ1v) is 15.1. The SMILES string of the molecule is Cc1ccc(CN2C(=O)[C@H]3[C@H](C(=O)Nc4ccc(C)c(Cl)c4)[C@H]4C=C[C@@]3(O4)[C@@H]2C(=O)N[C@@H]2CCC[C@H](C)[C@@H]2C)cc1. The number of carbonyl (C=O) groups is 3. The van der Waals surface area contributed by atoms with E-state index in [2.05, 4.69) is 24.5 Å². The van der Waals surface area contributed by atoms with Gasteiger partial charge in [0, 0.05) is 23.3 Å². The third-order valence-electron chi connectivity index (χ3n) is 9.87. The van der Waals surface area contributed by atoms with Crippen LogP contribution in [-0.2, 0) is 25.7 Å². The van der Waals surface area contributed by atoms with Crippen LogP contribution in [0.15, 0.2) is 54.6 Å². The molecule has 41 heavy (non-hydrogen) atoms.